The molecule has 8 heteroatoms. The third-order valence-corrected chi connectivity index (χ3v) is 2.82. The normalized spacial score (nSPS) is 10.5. The van der Waals surface area contributed by atoms with Crippen molar-refractivity contribution in [1.82, 2.24) is 10.2 Å². The molecule has 0 radical (unpaired) electrons. The van der Waals surface area contributed by atoms with E-state index in [4.69, 9.17) is 15.3 Å². The molecule has 4 N–H and O–H groups in total. The number of amides is 3. The largest absolute Gasteiger partial charge is 0.478 e. The van der Waals surface area contributed by atoms with Gasteiger partial charge < -0.3 is 25.5 Å². The smallest absolute Gasteiger partial charge is 0.339 e. The number of urea groups is 1. The highest BCUT2D eigenvalue weighted by molar-refractivity contribution is 5.88. The van der Waals surface area contributed by atoms with Crippen LogP contribution >= 0.6 is 0 Å². The van der Waals surface area contributed by atoms with Crippen molar-refractivity contribution >= 4 is 17.9 Å². The van der Waals surface area contributed by atoms with E-state index < -0.39 is 17.9 Å². The number of rotatable bonds is 6. The topological polar surface area (TPSA) is 126 Å². The summed E-state index contributed by atoms with van der Waals surface area (Å²) >= 11 is 0. The van der Waals surface area contributed by atoms with Gasteiger partial charge in [0.25, 0.3) is 0 Å². The number of nitrogens with zero attached hydrogens (tertiary/aromatic N) is 1. The number of furan rings is 1. The molecule has 8 nitrogen and oxygen atoms in total. The van der Waals surface area contributed by atoms with Crippen molar-refractivity contribution in [2.24, 2.45) is 5.73 Å². The zero-order valence-electron chi connectivity index (χ0n) is 12.2. The fraction of sp³-hybridized carbons (Fsp3) is 0.462. The van der Waals surface area contributed by atoms with Crippen molar-refractivity contribution < 1.29 is 23.9 Å². The van der Waals surface area contributed by atoms with Crippen molar-refractivity contribution in [1.29, 1.82) is 0 Å². The van der Waals surface area contributed by atoms with Crippen LogP contribution < -0.4 is 11.1 Å². The van der Waals surface area contributed by atoms with Gasteiger partial charge in [-0.05, 0) is 26.8 Å². The average Bonchev–Trinajstić information content (AvgIpc) is 2.74. The van der Waals surface area contributed by atoms with Crippen molar-refractivity contribution in [3.63, 3.8) is 0 Å². The summed E-state index contributed by atoms with van der Waals surface area (Å²) in [7, 11) is 0. The second kappa shape index (κ2) is 6.78. The first-order valence-corrected chi connectivity index (χ1v) is 6.37. The molecule has 0 aliphatic heterocycles. The molecule has 0 aliphatic rings. The fourth-order valence-electron chi connectivity index (χ4n) is 1.76. The Balaban J connectivity index is 2.68. The molecular formula is C13H19N3O5. The second-order valence-electron chi connectivity index (χ2n) is 4.83. The van der Waals surface area contributed by atoms with Crippen molar-refractivity contribution in [3.05, 3.63) is 23.2 Å². The summed E-state index contributed by atoms with van der Waals surface area (Å²) in [4.78, 5) is 35.1. The van der Waals surface area contributed by atoms with Gasteiger partial charge in [0, 0.05) is 6.04 Å². The quantitative estimate of drug-likeness (QED) is 0.712. The van der Waals surface area contributed by atoms with Gasteiger partial charge in [0.05, 0.1) is 6.54 Å². The number of aromatic carboxylic acids is 1. The Morgan fingerprint density at radius 1 is 1.43 bits per heavy atom. The van der Waals surface area contributed by atoms with Crippen LogP contribution in [0, 0.1) is 6.92 Å². The Morgan fingerprint density at radius 3 is 2.48 bits per heavy atom. The van der Waals surface area contributed by atoms with E-state index in [0.717, 1.165) is 0 Å². The summed E-state index contributed by atoms with van der Waals surface area (Å²) < 4.78 is 5.24. The number of hydrogen-bond donors (Lipinski definition) is 3. The Kier molecular flexibility index (Phi) is 5.34. The highest BCUT2D eigenvalue weighted by Crippen LogP contribution is 2.14. The van der Waals surface area contributed by atoms with Crippen LogP contribution in [0.25, 0.3) is 0 Å². The number of carboxylic acids is 1. The molecular weight excluding hydrogens is 278 g/mol. The predicted molar refractivity (Wildman–Crippen MR) is 73.7 cm³/mol. The lowest BCUT2D eigenvalue weighted by Gasteiger charge is -2.25. The number of aryl methyl sites for hydroxylation is 1. The maximum Gasteiger partial charge on any atom is 0.339 e. The van der Waals surface area contributed by atoms with Crippen molar-refractivity contribution in [3.8, 4) is 0 Å². The van der Waals surface area contributed by atoms with Gasteiger partial charge in [-0.1, -0.05) is 0 Å². The monoisotopic (exact) mass is 297 g/mol. The molecule has 0 saturated heterocycles. The number of carbonyl (C=O) groups excluding carboxylic acids is 2. The molecule has 0 aromatic carbocycles. The zero-order valence-corrected chi connectivity index (χ0v) is 12.2. The third-order valence-electron chi connectivity index (χ3n) is 2.82. The number of nitrogens with two attached hydrogens (primary N) is 1. The van der Waals surface area contributed by atoms with Gasteiger partial charge in [0.15, 0.2) is 0 Å². The second-order valence-corrected chi connectivity index (χ2v) is 4.83. The van der Waals surface area contributed by atoms with Crippen LogP contribution in [-0.2, 0) is 11.3 Å². The van der Waals surface area contributed by atoms with Crippen LogP contribution in [-0.4, -0.2) is 40.5 Å². The SMILES string of the molecule is Cc1oc(CNC(=O)N(CC(N)=O)C(C)C)cc1C(=O)O. The average molecular weight is 297 g/mol. The van der Waals surface area contributed by atoms with Gasteiger partial charge in [-0.25, -0.2) is 9.59 Å². The van der Waals surface area contributed by atoms with E-state index in [0.29, 0.717) is 5.76 Å². The Bertz CT molecular complexity index is 550. The number of nitrogens with one attached hydrogen (secondary N) is 1. The Hall–Kier alpha value is -2.51. The molecule has 116 valence electrons. The number of carboxylic acid groups (broad SMARTS) is 1. The minimum Gasteiger partial charge on any atom is -0.478 e. The number of hydrogen-bond acceptors (Lipinski definition) is 4. The van der Waals surface area contributed by atoms with Gasteiger partial charge >= 0.3 is 12.0 Å². The predicted octanol–water partition coefficient (Wildman–Crippen LogP) is 0.692. The van der Waals surface area contributed by atoms with Crippen LogP contribution in [0.5, 0.6) is 0 Å². The summed E-state index contributed by atoms with van der Waals surface area (Å²) in [5.74, 6) is -1.11. The third kappa shape index (κ3) is 4.51. The molecule has 0 spiro atoms. The molecule has 21 heavy (non-hydrogen) atoms. The van der Waals surface area contributed by atoms with Gasteiger partial charge in [0.1, 0.15) is 23.6 Å². The molecule has 1 aromatic heterocycles. The standard InChI is InChI=1S/C13H19N3O5/c1-7(2)16(6-11(14)17)13(20)15-5-9-4-10(12(18)19)8(3)21-9/h4,7H,5-6H2,1-3H3,(H2,14,17)(H,15,20)(H,18,19). The van der Waals surface area contributed by atoms with Crippen LogP contribution in [0.3, 0.4) is 0 Å². The first kappa shape index (κ1) is 16.5. The lowest BCUT2D eigenvalue weighted by atomic mass is 10.2. The summed E-state index contributed by atoms with van der Waals surface area (Å²) in [5, 5.41) is 11.5. The maximum atomic E-state index is 12.0. The Morgan fingerprint density at radius 2 is 2.05 bits per heavy atom. The van der Waals surface area contributed by atoms with E-state index in [1.165, 1.54) is 17.9 Å². The number of carbonyl (C=O) groups is 3. The number of primary amides is 1. The lowest BCUT2D eigenvalue weighted by Crippen LogP contribution is -2.47. The van der Waals surface area contributed by atoms with Gasteiger partial charge in [0.2, 0.25) is 5.91 Å². The fourth-order valence-corrected chi connectivity index (χ4v) is 1.76. The summed E-state index contributed by atoms with van der Waals surface area (Å²) in [6.07, 6.45) is 0. The van der Waals surface area contributed by atoms with Gasteiger partial charge in [-0.3, -0.25) is 4.79 Å². The minimum absolute atomic E-state index is 0.0228. The van der Waals surface area contributed by atoms with Crippen LogP contribution in [0.15, 0.2) is 10.5 Å². The molecule has 1 heterocycles. The molecule has 0 aliphatic carbocycles. The minimum atomic E-state index is -1.09. The molecule has 0 bridgehead atoms. The lowest BCUT2D eigenvalue weighted by molar-refractivity contribution is -0.118. The van der Waals surface area contributed by atoms with E-state index in [2.05, 4.69) is 5.32 Å². The first-order valence-electron chi connectivity index (χ1n) is 6.37. The summed E-state index contributed by atoms with van der Waals surface area (Å²) in [5.41, 5.74) is 5.14. The molecule has 3 amide bonds. The highest BCUT2D eigenvalue weighted by atomic mass is 16.4. The Labute approximate surface area is 121 Å². The summed E-state index contributed by atoms with van der Waals surface area (Å²) in [6.45, 7) is 4.86. The maximum absolute atomic E-state index is 12.0. The van der Waals surface area contributed by atoms with Crippen LogP contribution in [0.4, 0.5) is 4.79 Å². The van der Waals surface area contributed by atoms with E-state index in [-0.39, 0.29) is 30.5 Å². The molecule has 0 atom stereocenters. The summed E-state index contributed by atoms with van der Waals surface area (Å²) in [6, 6.07) is 0.673. The molecule has 0 fully saturated rings. The first-order chi connectivity index (χ1) is 9.72. The van der Waals surface area contributed by atoms with Gasteiger partial charge in [-0.2, -0.15) is 0 Å². The molecule has 0 saturated carbocycles. The van der Waals surface area contributed by atoms with E-state index >= 15 is 0 Å². The van der Waals surface area contributed by atoms with E-state index in [1.807, 2.05) is 0 Å². The van der Waals surface area contributed by atoms with Crippen LogP contribution in [0.2, 0.25) is 0 Å². The highest BCUT2D eigenvalue weighted by Gasteiger charge is 2.20. The van der Waals surface area contributed by atoms with Crippen LogP contribution in [0.1, 0.15) is 35.7 Å². The molecule has 1 rings (SSSR count). The van der Waals surface area contributed by atoms with Crippen molar-refractivity contribution in [2.45, 2.75) is 33.4 Å². The zero-order chi connectivity index (χ0) is 16.2. The molecule has 0 unspecified atom stereocenters. The van der Waals surface area contributed by atoms with E-state index in [1.54, 1.807) is 13.8 Å². The van der Waals surface area contributed by atoms with Crippen molar-refractivity contribution in [2.75, 3.05) is 6.54 Å². The molecule has 1 aromatic rings. The van der Waals surface area contributed by atoms with Gasteiger partial charge in [-0.15, -0.1) is 0 Å². The van der Waals surface area contributed by atoms with E-state index in [9.17, 15) is 14.4 Å².